The lowest BCUT2D eigenvalue weighted by Crippen LogP contribution is -2.02. The second-order valence-corrected chi connectivity index (χ2v) is 3.67. The molecule has 0 spiro atoms. The van der Waals surface area contributed by atoms with Crippen molar-refractivity contribution in [3.8, 4) is 0 Å². The predicted octanol–water partition coefficient (Wildman–Crippen LogP) is 2.57. The highest BCUT2D eigenvalue weighted by atomic mass is 19.1. The average molecular weight is 235 g/mol. The van der Waals surface area contributed by atoms with Crippen LogP contribution in [0.4, 0.5) is 15.8 Å². The third-order valence-electron chi connectivity index (χ3n) is 2.37. The van der Waals surface area contributed by atoms with Gasteiger partial charge >= 0.3 is 0 Å². The van der Waals surface area contributed by atoms with Crippen molar-refractivity contribution in [1.82, 2.24) is 4.98 Å². The first-order valence-corrected chi connectivity index (χ1v) is 5.41. The number of halogens is 1. The van der Waals surface area contributed by atoms with Crippen LogP contribution in [0, 0.1) is 5.82 Å². The topological polar surface area (TPSA) is 64.1 Å². The summed E-state index contributed by atoms with van der Waals surface area (Å²) < 4.78 is 18.8. The van der Waals surface area contributed by atoms with E-state index >= 15 is 0 Å². The predicted molar refractivity (Wildman–Crippen MR) is 64.0 cm³/mol. The van der Waals surface area contributed by atoms with Crippen LogP contribution < -0.4 is 11.1 Å². The van der Waals surface area contributed by atoms with Gasteiger partial charge in [0.15, 0.2) is 0 Å². The summed E-state index contributed by atoms with van der Waals surface area (Å²) in [5, 5.41) is 2.91. The number of nitrogens with two attached hydrogens (primary N) is 1. The van der Waals surface area contributed by atoms with Crippen LogP contribution in [0.1, 0.15) is 18.6 Å². The van der Waals surface area contributed by atoms with Crippen LogP contribution in [0.25, 0.3) is 0 Å². The van der Waals surface area contributed by atoms with Gasteiger partial charge in [0.05, 0.1) is 18.4 Å². The smallest absolute Gasteiger partial charge is 0.213 e. The van der Waals surface area contributed by atoms with Crippen molar-refractivity contribution < 1.29 is 8.81 Å². The maximum Gasteiger partial charge on any atom is 0.213 e. The van der Waals surface area contributed by atoms with Gasteiger partial charge in [0.1, 0.15) is 11.6 Å². The minimum atomic E-state index is -0.382. The van der Waals surface area contributed by atoms with E-state index in [0.29, 0.717) is 23.8 Å². The van der Waals surface area contributed by atoms with E-state index < -0.39 is 0 Å². The molecule has 0 fully saturated rings. The van der Waals surface area contributed by atoms with Gasteiger partial charge in [0.25, 0.3) is 0 Å². The molecule has 0 aliphatic carbocycles. The Bertz CT molecular complexity index is 510. The summed E-state index contributed by atoms with van der Waals surface area (Å²) in [4.78, 5) is 4.07. The Balaban J connectivity index is 2.02. The van der Waals surface area contributed by atoms with E-state index in [1.807, 2.05) is 6.92 Å². The summed E-state index contributed by atoms with van der Waals surface area (Å²) in [6.45, 7) is 2.33. The van der Waals surface area contributed by atoms with E-state index in [2.05, 4.69) is 10.3 Å². The summed E-state index contributed by atoms with van der Waals surface area (Å²) >= 11 is 0. The molecule has 0 unspecified atom stereocenters. The summed E-state index contributed by atoms with van der Waals surface area (Å²) in [5.41, 5.74) is 6.24. The lowest BCUT2D eigenvalue weighted by atomic mass is 10.2. The Morgan fingerprint density at radius 1 is 1.47 bits per heavy atom. The number of oxazole rings is 1. The number of nitrogens with one attached hydrogen (secondary N) is 1. The number of anilines is 2. The molecule has 0 aliphatic heterocycles. The second-order valence-electron chi connectivity index (χ2n) is 3.67. The van der Waals surface area contributed by atoms with Gasteiger partial charge in [0, 0.05) is 12.1 Å². The summed E-state index contributed by atoms with van der Waals surface area (Å²) in [6, 6.07) is 4.50. The molecule has 17 heavy (non-hydrogen) atoms. The maximum absolute atomic E-state index is 13.4. The molecule has 1 aromatic carbocycles. The van der Waals surface area contributed by atoms with Crippen molar-refractivity contribution in [2.45, 2.75) is 19.9 Å². The first-order chi connectivity index (χ1) is 8.19. The van der Waals surface area contributed by atoms with E-state index in [9.17, 15) is 4.39 Å². The number of rotatable bonds is 4. The molecule has 3 N–H and O–H groups in total. The van der Waals surface area contributed by atoms with Gasteiger partial charge in [-0.05, 0) is 18.2 Å². The van der Waals surface area contributed by atoms with E-state index in [1.54, 1.807) is 18.3 Å². The molecule has 0 atom stereocenters. The third-order valence-corrected chi connectivity index (χ3v) is 2.37. The number of aryl methyl sites for hydroxylation is 1. The van der Waals surface area contributed by atoms with E-state index in [0.717, 1.165) is 12.2 Å². The zero-order valence-electron chi connectivity index (χ0n) is 9.53. The molecule has 2 aromatic rings. The molecule has 4 nitrogen and oxygen atoms in total. The Kier molecular flexibility index (Phi) is 3.27. The molecule has 5 heteroatoms. The Morgan fingerprint density at radius 2 is 2.29 bits per heavy atom. The highest BCUT2D eigenvalue weighted by Gasteiger charge is 2.05. The molecule has 0 bridgehead atoms. The van der Waals surface area contributed by atoms with Gasteiger partial charge in [-0.3, -0.25) is 0 Å². The molecule has 0 radical (unpaired) electrons. The number of nitrogens with zero attached hydrogens (tertiary/aromatic N) is 1. The monoisotopic (exact) mass is 235 g/mol. The Morgan fingerprint density at radius 3 is 2.94 bits per heavy atom. The number of nitrogen functional groups attached to an aromatic ring is 1. The van der Waals surface area contributed by atoms with Crippen molar-refractivity contribution in [2.75, 3.05) is 11.1 Å². The summed E-state index contributed by atoms with van der Waals surface area (Å²) in [7, 11) is 0. The van der Waals surface area contributed by atoms with Crippen molar-refractivity contribution >= 4 is 11.4 Å². The zero-order valence-corrected chi connectivity index (χ0v) is 9.53. The molecule has 1 heterocycles. The maximum atomic E-state index is 13.4. The standard InChI is InChI=1S/C12H14FN3O/c1-2-9-6-16-12(17-9)7-15-11-4-3-8(14)5-10(11)13/h3-6,15H,2,7,14H2,1H3. The van der Waals surface area contributed by atoms with Crippen LogP contribution in [-0.4, -0.2) is 4.98 Å². The van der Waals surface area contributed by atoms with Crippen molar-refractivity contribution in [2.24, 2.45) is 0 Å². The molecular formula is C12H14FN3O. The van der Waals surface area contributed by atoms with Crippen LogP contribution in [-0.2, 0) is 13.0 Å². The number of benzene rings is 1. The van der Waals surface area contributed by atoms with Gasteiger partial charge in [-0.25, -0.2) is 9.37 Å². The number of aromatic nitrogens is 1. The van der Waals surface area contributed by atoms with E-state index in [-0.39, 0.29) is 5.82 Å². The Hall–Kier alpha value is -2.04. The molecular weight excluding hydrogens is 221 g/mol. The fourth-order valence-corrected chi connectivity index (χ4v) is 1.44. The van der Waals surface area contributed by atoms with Gasteiger partial charge in [-0.1, -0.05) is 6.92 Å². The minimum Gasteiger partial charge on any atom is -0.444 e. The second kappa shape index (κ2) is 4.86. The quantitative estimate of drug-likeness (QED) is 0.799. The molecule has 0 amide bonds. The minimum absolute atomic E-state index is 0.348. The van der Waals surface area contributed by atoms with E-state index in [4.69, 9.17) is 10.2 Å². The number of hydrogen-bond donors (Lipinski definition) is 2. The number of hydrogen-bond acceptors (Lipinski definition) is 4. The molecule has 0 saturated carbocycles. The van der Waals surface area contributed by atoms with Crippen LogP contribution in [0.3, 0.4) is 0 Å². The largest absolute Gasteiger partial charge is 0.444 e. The Labute approximate surface area is 98.7 Å². The van der Waals surface area contributed by atoms with Crippen LogP contribution >= 0.6 is 0 Å². The fourth-order valence-electron chi connectivity index (χ4n) is 1.44. The van der Waals surface area contributed by atoms with Crippen LogP contribution in [0.15, 0.2) is 28.8 Å². The molecule has 0 aliphatic rings. The highest BCUT2D eigenvalue weighted by Crippen LogP contribution is 2.17. The first-order valence-electron chi connectivity index (χ1n) is 5.41. The molecule has 1 aromatic heterocycles. The first kappa shape index (κ1) is 11.4. The van der Waals surface area contributed by atoms with E-state index in [1.165, 1.54) is 6.07 Å². The lowest BCUT2D eigenvalue weighted by Gasteiger charge is -2.05. The molecule has 2 rings (SSSR count). The fraction of sp³-hybridized carbons (Fsp3) is 0.250. The lowest BCUT2D eigenvalue weighted by molar-refractivity contribution is 0.465. The average Bonchev–Trinajstić information content (AvgIpc) is 2.76. The van der Waals surface area contributed by atoms with Gasteiger partial charge in [-0.2, -0.15) is 0 Å². The van der Waals surface area contributed by atoms with Gasteiger partial charge in [-0.15, -0.1) is 0 Å². The van der Waals surface area contributed by atoms with Gasteiger partial charge in [0.2, 0.25) is 5.89 Å². The van der Waals surface area contributed by atoms with Gasteiger partial charge < -0.3 is 15.5 Å². The van der Waals surface area contributed by atoms with Crippen molar-refractivity contribution in [3.63, 3.8) is 0 Å². The summed E-state index contributed by atoms with van der Waals surface area (Å²) in [5.74, 6) is 0.977. The third kappa shape index (κ3) is 2.75. The molecule has 0 saturated heterocycles. The zero-order chi connectivity index (χ0) is 12.3. The van der Waals surface area contributed by atoms with Crippen LogP contribution in [0.5, 0.6) is 0 Å². The van der Waals surface area contributed by atoms with Crippen molar-refractivity contribution in [1.29, 1.82) is 0 Å². The van der Waals surface area contributed by atoms with Crippen molar-refractivity contribution in [3.05, 3.63) is 41.9 Å². The molecule has 90 valence electrons. The normalized spacial score (nSPS) is 10.5. The summed E-state index contributed by atoms with van der Waals surface area (Å²) in [6.07, 6.45) is 2.47. The van der Waals surface area contributed by atoms with Crippen LogP contribution in [0.2, 0.25) is 0 Å². The highest BCUT2D eigenvalue weighted by molar-refractivity contribution is 5.52. The SMILES string of the molecule is CCc1cnc(CNc2ccc(N)cc2F)o1.